The summed E-state index contributed by atoms with van der Waals surface area (Å²) in [7, 11) is 0. The van der Waals surface area contributed by atoms with E-state index in [1.807, 2.05) is 32.9 Å². The zero-order chi connectivity index (χ0) is 16.3. The lowest BCUT2D eigenvalue weighted by Gasteiger charge is -2.37. The summed E-state index contributed by atoms with van der Waals surface area (Å²) in [5.74, 6) is -1.28. The average molecular weight is 364 g/mol. The van der Waals surface area contributed by atoms with Gasteiger partial charge in [0.2, 0.25) is 17.5 Å². The lowest BCUT2D eigenvalue weighted by Crippen LogP contribution is -2.47. The third-order valence-corrected chi connectivity index (χ3v) is 6.56. The van der Waals surface area contributed by atoms with Crippen molar-refractivity contribution < 1.29 is 14.4 Å². The fraction of sp³-hybridized carbons (Fsp3) is 0.471. The normalized spacial score (nSPS) is 32.4. The lowest BCUT2D eigenvalue weighted by molar-refractivity contribution is -0.147. The van der Waals surface area contributed by atoms with Crippen molar-refractivity contribution in [2.45, 2.75) is 33.6 Å². The molecule has 0 heterocycles. The number of rotatable bonds is 2. The van der Waals surface area contributed by atoms with E-state index in [0.717, 1.165) is 4.47 Å². The van der Waals surface area contributed by atoms with Crippen molar-refractivity contribution in [1.82, 2.24) is 0 Å². The molecule has 2 aliphatic rings. The van der Waals surface area contributed by atoms with Crippen LogP contribution >= 0.6 is 15.9 Å². The molecule has 2 bridgehead atoms. The Morgan fingerprint density at radius 3 is 2.14 bits per heavy atom. The Balaban J connectivity index is 1.99. The number of carbonyl (C=O) groups excluding carboxylic acids is 3. The number of nitrogens with one attached hydrogen (secondary N) is 1. The fourth-order valence-corrected chi connectivity index (χ4v) is 4.31. The molecule has 116 valence electrons. The first-order valence-corrected chi connectivity index (χ1v) is 8.12. The summed E-state index contributed by atoms with van der Waals surface area (Å²) < 4.78 is 0.907. The van der Waals surface area contributed by atoms with Gasteiger partial charge in [0.05, 0.1) is 0 Å². The predicted octanol–water partition coefficient (Wildman–Crippen LogP) is 3.35. The molecule has 0 radical (unpaired) electrons. The molecule has 3 rings (SSSR count). The molecule has 5 heteroatoms. The quantitative estimate of drug-likeness (QED) is 0.647. The fourth-order valence-electron chi connectivity index (χ4n) is 4.04. The van der Waals surface area contributed by atoms with Crippen LogP contribution in [0.5, 0.6) is 0 Å². The molecular formula is C17H18BrNO3. The average Bonchev–Trinajstić information content (AvgIpc) is 2.74. The third kappa shape index (κ3) is 1.60. The monoisotopic (exact) mass is 363 g/mol. The Kier molecular flexibility index (Phi) is 3.16. The minimum Gasteiger partial charge on any atom is -0.325 e. The molecule has 1 aromatic carbocycles. The van der Waals surface area contributed by atoms with Crippen LogP contribution in [0.25, 0.3) is 0 Å². The zero-order valence-corrected chi connectivity index (χ0v) is 14.4. The largest absolute Gasteiger partial charge is 0.325 e. The highest BCUT2D eigenvalue weighted by Gasteiger charge is 2.77. The second kappa shape index (κ2) is 4.51. The number of amides is 1. The van der Waals surface area contributed by atoms with Gasteiger partial charge in [0.15, 0.2) is 0 Å². The van der Waals surface area contributed by atoms with E-state index in [1.165, 1.54) is 0 Å². The van der Waals surface area contributed by atoms with E-state index in [1.54, 1.807) is 12.1 Å². The minimum absolute atomic E-state index is 0.362. The van der Waals surface area contributed by atoms with Gasteiger partial charge in [0.1, 0.15) is 5.41 Å². The predicted molar refractivity (Wildman–Crippen MR) is 86.3 cm³/mol. The second-order valence-corrected chi connectivity index (χ2v) is 7.90. The van der Waals surface area contributed by atoms with Gasteiger partial charge in [-0.15, -0.1) is 0 Å². The highest BCUT2D eigenvalue weighted by Crippen LogP contribution is 2.69. The molecule has 1 N–H and O–H groups in total. The first-order chi connectivity index (χ1) is 10.2. The van der Waals surface area contributed by atoms with Crippen LogP contribution in [0.15, 0.2) is 28.7 Å². The van der Waals surface area contributed by atoms with E-state index in [2.05, 4.69) is 21.2 Å². The van der Waals surface area contributed by atoms with Crippen molar-refractivity contribution in [2.75, 3.05) is 5.32 Å². The Morgan fingerprint density at radius 1 is 1.05 bits per heavy atom. The molecule has 0 spiro atoms. The van der Waals surface area contributed by atoms with E-state index in [9.17, 15) is 14.4 Å². The van der Waals surface area contributed by atoms with Crippen molar-refractivity contribution in [3.63, 3.8) is 0 Å². The van der Waals surface area contributed by atoms with Gasteiger partial charge in [0, 0.05) is 15.6 Å². The summed E-state index contributed by atoms with van der Waals surface area (Å²) in [6.45, 7) is 5.54. The van der Waals surface area contributed by atoms with Crippen LogP contribution in [0.3, 0.4) is 0 Å². The Bertz CT molecular complexity index is 694. The number of ketones is 2. The van der Waals surface area contributed by atoms with Gasteiger partial charge in [-0.25, -0.2) is 0 Å². The van der Waals surface area contributed by atoms with Crippen LogP contribution in [0.1, 0.15) is 33.6 Å². The van der Waals surface area contributed by atoms with Crippen LogP contribution in [-0.4, -0.2) is 17.5 Å². The van der Waals surface area contributed by atoms with Gasteiger partial charge in [0.25, 0.3) is 0 Å². The molecule has 22 heavy (non-hydrogen) atoms. The molecule has 2 aliphatic carbocycles. The molecule has 0 aliphatic heterocycles. The number of fused-ring (bicyclic) bond motifs is 2. The van der Waals surface area contributed by atoms with Crippen LogP contribution < -0.4 is 5.32 Å². The molecule has 2 atom stereocenters. The molecule has 2 saturated carbocycles. The Morgan fingerprint density at radius 2 is 1.64 bits per heavy atom. The molecular weight excluding hydrogens is 346 g/mol. The van der Waals surface area contributed by atoms with Crippen molar-refractivity contribution >= 4 is 39.1 Å². The third-order valence-electron chi connectivity index (χ3n) is 6.03. The van der Waals surface area contributed by atoms with Crippen molar-refractivity contribution in [3.8, 4) is 0 Å². The number of hydrogen-bond donors (Lipinski definition) is 1. The summed E-state index contributed by atoms with van der Waals surface area (Å²) in [6, 6.07) is 7.17. The van der Waals surface area contributed by atoms with Crippen LogP contribution in [0.2, 0.25) is 0 Å². The molecule has 0 saturated heterocycles. The number of benzene rings is 1. The van der Waals surface area contributed by atoms with Crippen LogP contribution in [0, 0.1) is 16.2 Å². The van der Waals surface area contributed by atoms with Gasteiger partial charge in [-0.05, 0) is 42.5 Å². The van der Waals surface area contributed by atoms with Crippen LogP contribution in [-0.2, 0) is 14.4 Å². The summed E-state index contributed by atoms with van der Waals surface area (Å²) in [6.07, 6.45) is 1.02. The van der Waals surface area contributed by atoms with Gasteiger partial charge >= 0.3 is 0 Å². The van der Waals surface area contributed by atoms with E-state index in [-0.39, 0.29) is 5.91 Å². The number of halogens is 1. The van der Waals surface area contributed by atoms with E-state index < -0.39 is 27.8 Å². The van der Waals surface area contributed by atoms with Gasteiger partial charge in [-0.2, -0.15) is 0 Å². The highest BCUT2D eigenvalue weighted by molar-refractivity contribution is 9.10. The van der Waals surface area contributed by atoms with E-state index in [4.69, 9.17) is 0 Å². The molecule has 0 aromatic heterocycles. The SMILES string of the molecule is CC1(C)[C@]2(C(=O)Nc3ccc(Br)cc3)CC[C@@]1(C)C(=O)C2=O. The maximum atomic E-state index is 12.9. The molecule has 2 fully saturated rings. The summed E-state index contributed by atoms with van der Waals surface area (Å²) in [4.78, 5) is 37.8. The Labute approximate surface area is 137 Å². The first-order valence-electron chi connectivity index (χ1n) is 7.33. The van der Waals surface area contributed by atoms with E-state index >= 15 is 0 Å². The van der Waals surface area contributed by atoms with Gasteiger partial charge in [-0.3, -0.25) is 14.4 Å². The smallest absolute Gasteiger partial charge is 0.239 e. The topological polar surface area (TPSA) is 63.2 Å². The molecule has 1 aromatic rings. The maximum Gasteiger partial charge on any atom is 0.239 e. The van der Waals surface area contributed by atoms with Crippen molar-refractivity contribution in [1.29, 1.82) is 0 Å². The number of anilines is 1. The van der Waals surface area contributed by atoms with Crippen LogP contribution in [0.4, 0.5) is 5.69 Å². The highest BCUT2D eigenvalue weighted by atomic mass is 79.9. The molecule has 4 nitrogen and oxygen atoms in total. The molecule has 0 unspecified atom stereocenters. The minimum atomic E-state index is -1.24. The lowest BCUT2D eigenvalue weighted by atomic mass is 9.64. The number of Topliss-reactive ketones (excluding diaryl/α,β-unsaturated/α-hetero) is 2. The maximum absolute atomic E-state index is 12.9. The van der Waals surface area contributed by atoms with Gasteiger partial charge in [-0.1, -0.05) is 36.7 Å². The summed E-state index contributed by atoms with van der Waals surface area (Å²) in [5, 5.41) is 2.82. The number of hydrogen-bond acceptors (Lipinski definition) is 3. The second-order valence-electron chi connectivity index (χ2n) is 6.98. The molecule has 1 amide bonds. The van der Waals surface area contributed by atoms with E-state index in [0.29, 0.717) is 18.5 Å². The first kappa shape index (κ1) is 15.4. The number of carbonyl (C=O) groups is 3. The van der Waals surface area contributed by atoms with Crippen molar-refractivity contribution in [3.05, 3.63) is 28.7 Å². The summed E-state index contributed by atoms with van der Waals surface area (Å²) >= 11 is 3.34. The summed E-state index contributed by atoms with van der Waals surface area (Å²) in [5.41, 5.74) is -2.03. The Hall–Kier alpha value is -1.49. The van der Waals surface area contributed by atoms with Crippen molar-refractivity contribution in [2.24, 2.45) is 16.2 Å². The standard InChI is InChI=1S/C17H18BrNO3/c1-15(2)16(3)8-9-17(15,13(21)12(16)20)14(22)19-11-6-4-10(18)5-7-11/h4-7H,8-9H2,1-3H3,(H,19,22)/t16-,17+/m0/s1. The zero-order valence-electron chi connectivity index (χ0n) is 12.8. The van der Waals surface area contributed by atoms with Gasteiger partial charge < -0.3 is 5.32 Å².